The third kappa shape index (κ3) is 4.26. The monoisotopic (exact) mass is 263 g/mol. The van der Waals surface area contributed by atoms with Crippen LogP contribution in [0.25, 0.3) is 0 Å². The Morgan fingerprint density at radius 1 is 1.53 bits per heavy atom. The average Bonchev–Trinajstić information content (AvgIpc) is 2.27. The predicted octanol–water partition coefficient (Wildman–Crippen LogP) is 4.08. The largest absolute Gasteiger partial charge is 0.260 e. The highest BCUT2D eigenvalue weighted by atomic mass is 79.9. The van der Waals surface area contributed by atoms with Gasteiger partial charge in [-0.15, -0.1) is 0 Å². The lowest BCUT2D eigenvalue weighted by atomic mass is 10.1. The molecule has 0 aromatic carbocycles. The Hall–Kier alpha value is -1.15. The number of nitrogens with zero attached hydrogens (tertiary/aromatic N) is 1. The number of hydrogen-bond acceptors (Lipinski definition) is 1. The lowest BCUT2D eigenvalue weighted by Crippen LogP contribution is -1.91. The molecule has 0 aliphatic carbocycles. The first kappa shape index (κ1) is 11.9. The normalized spacial score (nSPS) is 12.0. The standard InChI is InChI=1S/C13H14BrN/c1-3-5-6-11(4-2)9-13-8-7-12(14)10-15-13/h3-8,10H,1,9H2,2H3/b6-5-,11-4+. The second-order valence-corrected chi connectivity index (χ2v) is 4.02. The molecule has 2 heteroatoms. The summed E-state index contributed by atoms with van der Waals surface area (Å²) < 4.78 is 1.01. The van der Waals surface area contributed by atoms with E-state index in [1.807, 2.05) is 31.3 Å². The van der Waals surface area contributed by atoms with Gasteiger partial charge in [0, 0.05) is 22.8 Å². The number of hydrogen-bond donors (Lipinski definition) is 0. The van der Waals surface area contributed by atoms with Crippen molar-refractivity contribution in [1.29, 1.82) is 0 Å². The molecule has 1 rings (SSSR count). The average molecular weight is 264 g/mol. The highest BCUT2D eigenvalue weighted by Crippen LogP contribution is 2.11. The van der Waals surface area contributed by atoms with Crippen molar-refractivity contribution in [2.75, 3.05) is 0 Å². The molecule has 0 atom stereocenters. The number of allylic oxidation sites excluding steroid dienone is 5. The molecule has 0 fully saturated rings. The third-order valence-corrected chi connectivity index (χ3v) is 2.46. The SMILES string of the molecule is C=C/C=C\C(=C/C)Cc1ccc(Br)cn1. The number of rotatable bonds is 4. The predicted molar refractivity (Wildman–Crippen MR) is 68.7 cm³/mol. The molecule has 0 spiro atoms. The summed E-state index contributed by atoms with van der Waals surface area (Å²) in [5.74, 6) is 0. The van der Waals surface area contributed by atoms with Gasteiger partial charge in [-0.05, 0) is 40.6 Å². The van der Waals surface area contributed by atoms with Crippen molar-refractivity contribution >= 4 is 15.9 Å². The van der Waals surface area contributed by atoms with Gasteiger partial charge < -0.3 is 0 Å². The number of halogens is 1. The highest BCUT2D eigenvalue weighted by Gasteiger charge is 1.96. The van der Waals surface area contributed by atoms with Crippen LogP contribution < -0.4 is 0 Å². The third-order valence-electron chi connectivity index (χ3n) is 1.99. The summed E-state index contributed by atoms with van der Waals surface area (Å²) in [6.45, 7) is 5.68. The van der Waals surface area contributed by atoms with Gasteiger partial charge in [-0.2, -0.15) is 0 Å². The summed E-state index contributed by atoms with van der Waals surface area (Å²) in [5, 5.41) is 0. The van der Waals surface area contributed by atoms with Crippen LogP contribution in [0.2, 0.25) is 0 Å². The Morgan fingerprint density at radius 3 is 2.87 bits per heavy atom. The molecule has 0 N–H and O–H groups in total. The van der Waals surface area contributed by atoms with Gasteiger partial charge in [-0.1, -0.05) is 30.9 Å². The molecule has 1 heterocycles. The van der Waals surface area contributed by atoms with Crippen molar-refractivity contribution in [2.45, 2.75) is 13.3 Å². The minimum atomic E-state index is 0.855. The maximum atomic E-state index is 4.33. The Labute approximate surface area is 99.4 Å². The first-order chi connectivity index (χ1) is 7.26. The zero-order valence-electron chi connectivity index (χ0n) is 8.78. The Morgan fingerprint density at radius 2 is 2.33 bits per heavy atom. The lowest BCUT2D eigenvalue weighted by molar-refractivity contribution is 1.07. The van der Waals surface area contributed by atoms with Crippen molar-refractivity contribution in [3.05, 3.63) is 65.0 Å². The van der Waals surface area contributed by atoms with Gasteiger partial charge in [0.1, 0.15) is 0 Å². The fourth-order valence-electron chi connectivity index (χ4n) is 1.17. The topological polar surface area (TPSA) is 12.9 Å². The lowest BCUT2D eigenvalue weighted by Gasteiger charge is -2.01. The van der Waals surface area contributed by atoms with E-state index in [9.17, 15) is 0 Å². The minimum Gasteiger partial charge on any atom is -0.260 e. The van der Waals surface area contributed by atoms with E-state index in [0.29, 0.717) is 0 Å². The maximum Gasteiger partial charge on any atom is 0.0448 e. The molecule has 0 aliphatic heterocycles. The van der Waals surface area contributed by atoms with Crippen LogP contribution in [-0.2, 0) is 6.42 Å². The van der Waals surface area contributed by atoms with E-state index in [-0.39, 0.29) is 0 Å². The second kappa shape index (κ2) is 6.36. The van der Waals surface area contributed by atoms with Gasteiger partial charge in [0.05, 0.1) is 0 Å². The van der Waals surface area contributed by atoms with E-state index in [0.717, 1.165) is 16.6 Å². The molecule has 0 bridgehead atoms. The van der Waals surface area contributed by atoms with Gasteiger partial charge in [0.15, 0.2) is 0 Å². The van der Waals surface area contributed by atoms with Crippen LogP contribution in [0.3, 0.4) is 0 Å². The summed E-state index contributed by atoms with van der Waals surface area (Å²) in [6.07, 6.45) is 10.5. The van der Waals surface area contributed by atoms with E-state index in [4.69, 9.17) is 0 Å². The van der Waals surface area contributed by atoms with E-state index < -0.39 is 0 Å². The number of aromatic nitrogens is 1. The molecule has 1 nitrogen and oxygen atoms in total. The van der Waals surface area contributed by atoms with E-state index >= 15 is 0 Å². The molecule has 0 amide bonds. The quantitative estimate of drug-likeness (QED) is 0.747. The van der Waals surface area contributed by atoms with Crippen LogP contribution in [0.15, 0.2) is 59.3 Å². The molecule has 0 unspecified atom stereocenters. The Balaban J connectivity index is 2.71. The van der Waals surface area contributed by atoms with E-state index in [1.54, 1.807) is 6.08 Å². The van der Waals surface area contributed by atoms with Gasteiger partial charge in [-0.25, -0.2) is 0 Å². The molecule has 0 saturated carbocycles. The van der Waals surface area contributed by atoms with Gasteiger partial charge in [0.2, 0.25) is 0 Å². The molecule has 0 saturated heterocycles. The fourth-order valence-corrected chi connectivity index (χ4v) is 1.40. The summed E-state index contributed by atoms with van der Waals surface area (Å²) >= 11 is 3.37. The fraction of sp³-hybridized carbons (Fsp3) is 0.154. The molecule has 1 aromatic heterocycles. The van der Waals surface area contributed by atoms with Crippen molar-refractivity contribution in [2.24, 2.45) is 0 Å². The molecule has 78 valence electrons. The van der Waals surface area contributed by atoms with Crippen LogP contribution in [-0.4, -0.2) is 4.98 Å². The van der Waals surface area contributed by atoms with Crippen LogP contribution in [0.1, 0.15) is 12.6 Å². The van der Waals surface area contributed by atoms with Gasteiger partial charge >= 0.3 is 0 Å². The van der Waals surface area contributed by atoms with Crippen LogP contribution >= 0.6 is 15.9 Å². The Bertz CT molecular complexity index is 374. The molecule has 15 heavy (non-hydrogen) atoms. The van der Waals surface area contributed by atoms with E-state index in [1.165, 1.54) is 5.57 Å². The van der Waals surface area contributed by atoms with Gasteiger partial charge in [0.25, 0.3) is 0 Å². The molecule has 0 radical (unpaired) electrons. The highest BCUT2D eigenvalue weighted by molar-refractivity contribution is 9.10. The van der Waals surface area contributed by atoms with E-state index in [2.05, 4.69) is 39.6 Å². The maximum absolute atomic E-state index is 4.33. The number of pyridine rings is 1. The summed E-state index contributed by atoms with van der Waals surface area (Å²) in [5.41, 5.74) is 2.31. The zero-order valence-corrected chi connectivity index (χ0v) is 10.4. The molecular weight excluding hydrogens is 250 g/mol. The summed E-state index contributed by atoms with van der Waals surface area (Å²) in [6, 6.07) is 4.03. The van der Waals surface area contributed by atoms with Crippen molar-refractivity contribution in [3.8, 4) is 0 Å². The molecule has 1 aromatic rings. The van der Waals surface area contributed by atoms with Crippen molar-refractivity contribution in [3.63, 3.8) is 0 Å². The van der Waals surface area contributed by atoms with Crippen LogP contribution in [0.5, 0.6) is 0 Å². The van der Waals surface area contributed by atoms with Crippen LogP contribution in [0, 0.1) is 0 Å². The molecule has 0 aliphatic rings. The zero-order chi connectivity index (χ0) is 11.1. The van der Waals surface area contributed by atoms with Crippen molar-refractivity contribution in [1.82, 2.24) is 4.98 Å². The summed E-state index contributed by atoms with van der Waals surface area (Å²) in [4.78, 5) is 4.33. The van der Waals surface area contributed by atoms with Crippen LogP contribution in [0.4, 0.5) is 0 Å². The summed E-state index contributed by atoms with van der Waals surface area (Å²) in [7, 11) is 0. The first-order valence-electron chi connectivity index (χ1n) is 4.81. The molecular formula is C13H14BrN. The smallest absolute Gasteiger partial charge is 0.0448 e. The Kier molecular flexibility index (Phi) is 5.05. The first-order valence-corrected chi connectivity index (χ1v) is 5.60. The van der Waals surface area contributed by atoms with Gasteiger partial charge in [-0.3, -0.25) is 4.98 Å². The van der Waals surface area contributed by atoms with Crippen molar-refractivity contribution < 1.29 is 0 Å². The second-order valence-electron chi connectivity index (χ2n) is 3.10. The minimum absolute atomic E-state index is 0.855.